The second-order valence-corrected chi connectivity index (χ2v) is 11.9. The molecule has 9 heteroatoms. The molecule has 1 saturated heterocycles. The standard InChI is InChI=1S/C29H35N5O3S/c1-15-13-18(37-17-6-2-3-7-17)8-9-19(15)29(32)20-10-11-21(30)25-22(20)23(24(31)27(29)35)26(38-25)28(36)34-16-5-4-12-33-14-16/h8-11,13,16-17,24,33H,2-7,12,14,30-32H2,1H3,(H,34,36). The molecule has 1 amide bonds. The van der Waals surface area contributed by atoms with Gasteiger partial charge in [-0.3, -0.25) is 9.59 Å². The van der Waals surface area contributed by atoms with Crippen LogP contribution in [0.4, 0.5) is 5.69 Å². The van der Waals surface area contributed by atoms with Gasteiger partial charge in [-0.25, -0.2) is 0 Å². The van der Waals surface area contributed by atoms with Gasteiger partial charge in [0.05, 0.1) is 21.7 Å². The van der Waals surface area contributed by atoms with Crippen LogP contribution in [0.25, 0.3) is 10.1 Å². The van der Waals surface area contributed by atoms with Crippen LogP contribution in [0.1, 0.15) is 76.5 Å². The summed E-state index contributed by atoms with van der Waals surface area (Å²) >= 11 is 1.29. The lowest BCUT2D eigenvalue weighted by Crippen LogP contribution is -2.53. The molecule has 0 radical (unpaired) electrons. The summed E-state index contributed by atoms with van der Waals surface area (Å²) in [5.41, 5.74) is 21.8. The first-order chi connectivity index (χ1) is 18.3. The maximum absolute atomic E-state index is 14.1. The number of piperidine rings is 1. The maximum atomic E-state index is 14.1. The molecule has 8 nitrogen and oxygen atoms in total. The highest BCUT2D eigenvalue weighted by Gasteiger charge is 2.49. The van der Waals surface area contributed by atoms with Gasteiger partial charge < -0.3 is 32.6 Å². The van der Waals surface area contributed by atoms with Gasteiger partial charge in [0.25, 0.3) is 5.91 Å². The van der Waals surface area contributed by atoms with Crippen molar-refractivity contribution in [1.29, 1.82) is 0 Å². The molecule has 200 valence electrons. The van der Waals surface area contributed by atoms with Gasteiger partial charge in [-0.2, -0.15) is 0 Å². The van der Waals surface area contributed by atoms with Crippen LogP contribution in [-0.2, 0) is 10.3 Å². The number of thiophene rings is 1. The van der Waals surface area contributed by atoms with E-state index in [1.165, 1.54) is 24.2 Å². The van der Waals surface area contributed by atoms with Crippen LogP contribution >= 0.6 is 11.3 Å². The van der Waals surface area contributed by atoms with Crippen molar-refractivity contribution in [2.75, 3.05) is 18.8 Å². The van der Waals surface area contributed by atoms with Gasteiger partial charge in [-0.1, -0.05) is 12.1 Å². The molecule has 1 aromatic heterocycles. The van der Waals surface area contributed by atoms with Crippen LogP contribution in [0.2, 0.25) is 0 Å². The number of rotatable bonds is 5. The lowest BCUT2D eigenvalue weighted by molar-refractivity contribution is -0.124. The van der Waals surface area contributed by atoms with E-state index >= 15 is 0 Å². The predicted octanol–water partition coefficient (Wildman–Crippen LogP) is 3.38. The van der Waals surface area contributed by atoms with E-state index in [2.05, 4.69) is 10.6 Å². The number of amides is 1. The van der Waals surface area contributed by atoms with Crippen molar-refractivity contribution in [3.63, 3.8) is 0 Å². The third-order valence-corrected chi connectivity index (χ3v) is 9.63. The number of nitrogens with one attached hydrogen (secondary N) is 2. The Labute approximate surface area is 226 Å². The van der Waals surface area contributed by atoms with Gasteiger partial charge in [0, 0.05) is 29.2 Å². The van der Waals surface area contributed by atoms with Crippen LogP contribution in [0, 0.1) is 6.92 Å². The topological polar surface area (TPSA) is 145 Å². The minimum absolute atomic E-state index is 0.0298. The minimum Gasteiger partial charge on any atom is -0.490 e. The number of benzene rings is 2. The molecule has 2 fully saturated rings. The number of nitrogen functional groups attached to an aromatic ring is 1. The minimum atomic E-state index is -1.48. The molecule has 0 spiro atoms. The van der Waals surface area contributed by atoms with Crippen LogP contribution in [0.15, 0.2) is 30.3 Å². The first kappa shape index (κ1) is 25.3. The zero-order valence-corrected chi connectivity index (χ0v) is 22.5. The first-order valence-corrected chi connectivity index (χ1v) is 14.3. The van der Waals surface area contributed by atoms with E-state index < -0.39 is 11.6 Å². The van der Waals surface area contributed by atoms with E-state index in [1.54, 1.807) is 6.07 Å². The highest BCUT2D eigenvalue weighted by atomic mass is 32.1. The number of carbonyl (C=O) groups is 2. The second-order valence-electron chi connectivity index (χ2n) is 10.9. The van der Waals surface area contributed by atoms with Gasteiger partial charge in [-0.15, -0.1) is 11.3 Å². The largest absolute Gasteiger partial charge is 0.490 e. The number of nitrogens with two attached hydrogens (primary N) is 3. The maximum Gasteiger partial charge on any atom is 0.262 e. The highest BCUT2D eigenvalue weighted by Crippen LogP contribution is 2.50. The second kappa shape index (κ2) is 9.64. The molecule has 2 aliphatic carbocycles. The normalized spacial score (nSPS) is 25.6. The Kier molecular flexibility index (Phi) is 6.42. The summed E-state index contributed by atoms with van der Waals surface area (Å²) in [6, 6.07) is 8.28. The zero-order chi connectivity index (χ0) is 26.6. The van der Waals surface area contributed by atoms with Crippen molar-refractivity contribution >= 4 is 38.8 Å². The van der Waals surface area contributed by atoms with Crippen LogP contribution in [0.3, 0.4) is 0 Å². The van der Waals surface area contributed by atoms with Crippen molar-refractivity contribution in [3.8, 4) is 5.75 Å². The van der Waals surface area contributed by atoms with E-state index in [4.69, 9.17) is 21.9 Å². The first-order valence-electron chi connectivity index (χ1n) is 13.5. The van der Waals surface area contributed by atoms with Crippen LogP contribution in [0.5, 0.6) is 5.75 Å². The summed E-state index contributed by atoms with van der Waals surface area (Å²) < 4.78 is 6.92. The third-order valence-electron chi connectivity index (χ3n) is 8.38. The van der Waals surface area contributed by atoms with Crippen LogP contribution < -0.4 is 32.6 Å². The molecule has 2 aromatic carbocycles. The Morgan fingerprint density at radius 3 is 2.61 bits per heavy atom. The number of ether oxygens (including phenoxy) is 1. The summed E-state index contributed by atoms with van der Waals surface area (Å²) in [7, 11) is 0. The number of aryl methyl sites for hydroxylation is 1. The molecular formula is C29H35N5O3S. The van der Waals surface area contributed by atoms with E-state index in [-0.39, 0.29) is 23.8 Å². The Bertz CT molecular complexity index is 1420. The number of ketones is 1. The van der Waals surface area contributed by atoms with Gasteiger partial charge in [-0.05, 0) is 86.9 Å². The molecule has 3 aromatic rings. The Balaban J connectivity index is 1.44. The lowest BCUT2D eigenvalue weighted by Gasteiger charge is -2.37. The quantitative estimate of drug-likeness (QED) is 0.316. The number of hydrogen-bond donors (Lipinski definition) is 5. The van der Waals surface area contributed by atoms with E-state index in [0.717, 1.165) is 60.2 Å². The fourth-order valence-electron chi connectivity index (χ4n) is 6.40. The summed E-state index contributed by atoms with van der Waals surface area (Å²) in [6.45, 7) is 3.61. The summed E-state index contributed by atoms with van der Waals surface area (Å²) in [5.74, 6) is 0.220. The van der Waals surface area contributed by atoms with Crippen molar-refractivity contribution in [3.05, 3.63) is 57.5 Å². The average molecular weight is 534 g/mol. The SMILES string of the molecule is Cc1cc(OC2CCCC2)ccc1C1(N)C(=O)C(N)c2c(C(=O)NC3CCCNC3)sc3c(N)ccc1c23. The highest BCUT2D eigenvalue weighted by molar-refractivity contribution is 7.21. The number of hydrogen-bond acceptors (Lipinski definition) is 8. The summed E-state index contributed by atoms with van der Waals surface area (Å²) in [4.78, 5) is 27.9. The molecule has 3 atom stereocenters. The van der Waals surface area contributed by atoms with Gasteiger partial charge >= 0.3 is 0 Å². The van der Waals surface area contributed by atoms with Crippen molar-refractivity contribution in [2.24, 2.45) is 11.5 Å². The molecule has 38 heavy (non-hydrogen) atoms. The Morgan fingerprint density at radius 2 is 1.89 bits per heavy atom. The molecule has 3 unspecified atom stereocenters. The summed E-state index contributed by atoms with van der Waals surface area (Å²) in [6.07, 6.45) is 6.64. The summed E-state index contributed by atoms with van der Waals surface area (Å²) in [5, 5.41) is 7.16. The van der Waals surface area contributed by atoms with Crippen molar-refractivity contribution in [2.45, 2.75) is 69.2 Å². The van der Waals surface area contributed by atoms with Gasteiger partial charge in [0.1, 0.15) is 11.3 Å². The molecule has 6 rings (SSSR count). The molecule has 2 heterocycles. The predicted molar refractivity (Wildman–Crippen MR) is 151 cm³/mol. The fourth-order valence-corrected chi connectivity index (χ4v) is 7.61. The average Bonchev–Trinajstić information content (AvgIpc) is 3.56. The molecule has 0 bridgehead atoms. The Morgan fingerprint density at radius 1 is 1.13 bits per heavy atom. The monoisotopic (exact) mass is 533 g/mol. The number of carbonyl (C=O) groups excluding carboxylic acids is 2. The van der Waals surface area contributed by atoms with E-state index in [9.17, 15) is 9.59 Å². The van der Waals surface area contributed by atoms with E-state index in [1.807, 2.05) is 31.2 Å². The number of Topliss-reactive ketones (excluding diaryl/α,β-unsaturated/α-hetero) is 1. The smallest absolute Gasteiger partial charge is 0.262 e. The van der Waals surface area contributed by atoms with Gasteiger partial charge in [0.15, 0.2) is 5.78 Å². The Hall–Kier alpha value is -2.98. The lowest BCUT2D eigenvalue weighted by atomic mass is 9.69. The third kappa shape index (κ3) is 4.00. The molecule has 1 aliphatic heterocycles. The van der Waals surface area contributed by atoms with Crippen molar-refractivity contribution < 1.29 is 14.3 Å². The van der Waals surface area contributed by atoms with Crippen molar-refractivity contribution in [1.82, 2.24) is 10.6 Å². The molecule has 3 aliphatic rings. The number of anilines is 1. The molecular weight excluding hydrogens is 498 g/mol. The van der Waals surface area contributed by atoms with E-state index in [0.29, 0.717) is 27.3 Å². The van der Waals surface area contributed by atoms with Gasteiger partial charge in [0.2, 0.25) is 0 Å². The molecule has 8 N–H and O–H groups in total. The molecule has 1 saturated carbocycles. The zero-order valence-electron chi connectivity index (χ0n) is 21.6. The fraction of sp³-hybridized carbons (Fsp3) is 0.448. The van der Waals surface area contributed by atoms with Crippen LogP contribution in [-0.4, -0.2) is 36.9 Å².